The van der Waals surface area contributed by atoms with Crippen LogP contribution in [-0.2, 0) is 11.2 Å². The molecule has 1 aliphatic heterocycles. The molecule has 0 radical (unpaired) electrons. The van der Waals surface area contributed by atoms with E-state index in [4.69, 9.17) is 10.8 Å². The van der Waals surface area contributed by atoms with E-state index in [1.165, 1.54) is 47.3 Å². The summed E-state index contributed by atoms with van der Waals surface area (Å²) in [5.74, 6) is 1.80. The predicted molar refractivity (Wildman–Crippen MR) is 165 cm³/mol. The van der Waals surface area contributed by atoms with Crippen molar-refractivity contribution in [3.05, 3.63) is 96.3 Å². The van der Waals surface area contributed by atoms with E-state index in [2.05, 4.69) is 52.6 Å². The highest BCUT2D eigenvalue weighted by Crippen LogP contribution is 2.16. The molecule has 5 N–H and O–H groups in total. The molecule has 40 heavy (non-hydrogen) atoms. The van der Waals surface area contributed by atoms with Crippen molar-refractivity contribution >= 4 is 34.8 Å². The van der Waals surface area contributed by atoms with Gasteiger partial charge in [0.25, 0.3) is 0 Å². The summed E-state index contributed by atoms with van der Waals surface area (Å²) in [4.78, 5) is 19.3. The van der Waals surface area contributed by atoms with E-state index in [9.17, 15) is 4.79 Å². The fraction of sp³-hybridized carbons (Fsp3) is 0.312. The molecule has 0 saturated carbocycles. The fourth-order valence-corrected chi connectivity index (χ4v) is 4.40. The quantitative estimate of drug-likeness (QED) is 0.117. The Kier molecular flexibility index (Phi) is 12.6. The average Bonchev–Trinajstić information content (AvgIpc) is 3.38. The van der Waals surface area contributed by atoms with E-state index in [-0.39, 0.29) is 18.2 Å². The number of rotatable bonds is 7. The normalized spacial score (nSPS) is 14.1. The van der Waals surface area contributed by atoms with Gasteiger partial charge in [0, 0.05) is 29.7 Å². The Morgan fingerprint density at radius 1 is 1.05 bits per heavy atom. The lowest BCUT2D eigenvalue weighted by Crippen LogP contribution is -2.42. The van der Waals surface area contributed by atoms with Crippen LogP contribution in [0.15, 0.2) is 85.2 Å². The molecule has 1 aliphatic rings. The van der Waals surface area contributed by atoms with Gasteiger partial charge in [-0.25, -0.2) is 4.98 Å². The number of aryl methyl sites for hydroxylation is 2. The molecule has 1 saturated heterocycles. The number of nitrogens with one attached hydrogen (secondary N) is 5. The maximum Gasteiger partial charge on any atom is 0.207 e. The number of hydrogen-bond acceptors (Lipinski definition) is 5. The summed E-state index contributed by atoms with van der Waals surface area (Å²) in [6, 6.07) is 23.5. The molecule has 2 aromatic heterocycles. The Hall–Kier alpha value is -4.30. The Bertz CT molecular complexity index is 1310. The summed E-state index contributed by atoms with van der Waals surface area (Å²) in [7, 11) is 0. The van der Waals surface area contributed by atoms with Gasteiger partial charge in [-0.1, -0.05) is 61.5 Å². The van der Waals surface area contributed by atoms with Crippen molar-refractivity contribution in [1.82, 2.24) is 20.6 Å². The lowest BCUT2D eigenvalue weighted by atomic mass is 10.0. The van der Waals surface area contributed by atoms with Crippen molar-refractivity contribution in [2.24, 2.45) is 5.92 Å². The lowest BCUT2D eigenvalue weighted by molar-refractivity contribution is -0.109. The van der Waals surface area contributed by atoms with E-state index in [0.717, 1.165) is 11.5 Å². The van der Waals surface area contributed by atoms with Gasteiger partial charge >= 0.3 is 0 Å². The molecule has 1 amide bonds. The molecule has 8 heteroatoms. The summed E-state index contributed by atoms with van der Waals surface area (Å²) < 4.78 is 0. The summed E-state index contributed by atoms with van der Waals surface area (Å²) in [5.41, 5.74) is 3.67. The van der Waals surface area contributed by atoms with Crippen molar-refractivity contribution in [3.8, 4) is 0 Å². The minimum atomic E-state index is 0.0494. The van der Waals surface area contributed by atoms with E-state index in [0.29, 0.717) is 25.1 Å². The molecule has 0 spiro atoms. The first-order valence-corrected chi connectivity index (χ1v) is 13.8. The largest absolute Gasteiger partial charge is 0.361 e. The lowest BCUT2D eigenvalue weighted by Gasteiger charge is -2.24. The van der Waals surface area contributed by atoms with Crippen molar-refractivity contribution in [1.29, 1.82) is 10.8 Å². The van der Waals surface area contributed by atoms with E-state index in [1.54, 1.807) is 24.4 Å². The Morgan fingerprint density at radius 2 is 1.80 bits per heavy atom. The molecular formula is C32H41N7O. The van der Waals surface area contributed by atoms with E-state index in [1.807, 2.05) is 42.6 Å². The standard InChI is InChI=1S/C17H19N5O.C9H9N.C6H13N/c18-15(10-9-14-6-2-1-3-7-14)22(16(19)12-20-13-23)17-8-4-5-11-21-17;1-7-6-10-9-5-3-2-4-8(7)9;1-6-3-2-4-7-5-6/h1-8,11,13,18-19H,9-10,12H2,(H,20,23);2-6,10H,1H3;6-7H,2-5H2,1H3. The topological polar surface area (TPSA) is 121 Å². The molecule has 2 aromatic carbocycles. The Labute approximate surface area is 237 Å². The van der Waals surface area contributed by atoms with Gasteiger partial charge in [0.05, 0.1) is 6.54 Å². The van der Waals surface area contributed by atoms with E-state index < -0.39 is 0 Å². The zero-order valence-electron chi connectivity index (χ0n) is 23.5. The van der Waals surface area contributed by atoms with Crippen molar-refractivity contribution < 1.29 is 4.79 Å². The Morgan fingerprint density at radius 3 is 2.42 bits per heavy atom. The zero-order valence-corrected chi connectivity index (χ0v) is 23.5. The number of fused-ring (bicyclic) bond motifs is 1. The summed E-state index contributed by atoms with van der Waals surface area (Å²) in [6.07, 6.45) is 8.17. The van der Waals surface area contributed by atoms with Crippen LogP contribution in [-0.4, -0.2) is 47.7 Å². The fourth-order valence-electron chi connectivity index (χ4n) is 4.40. The molecule has 0 bridgehead atoms. The molecular weight excluding hydrogens is 498 g/mol. The highest BCUT2D eigenvalue weighted by Gasteiger charge is 2.18. The Balaban J connectivity index is 0.000000209. The molecule has 5 rings (SSSR count). The number of aromatic nitrogens is 2. The van der Waals surface area contributed by atoms with Gasteiger partial charge in [0.1, 0.15) is 17.5 Å². The monoisotopic (exact) mass is 539 g/mol. The second-order valence-corrected chi connectivity index (χ2v) is 9.87. The van der Waals surface area contributed by atoms with Crippen molar-refractivity contribution in [3.63, 3.8) is 0 Å². The summed E-state index contributed by atoms with van der Waals surface area (Å²) in [6.45, 7) is 6.93. The van der Waals surface area contributed by atoms with Gasteiger partial charge in [-0.15, -0.1) is 0 Å². The van der Waals surface area contributed by atoms with Crippen LogP contribution in [0.5, 0.6) is 0 Å². The van der Waals surface area contributed by atoms with Crippen LogP contribution in [0.4, 0.5) is 5.82 Å². The molecule has 4 aromatic rings. The number of H-pyrrole nitrogens is 1. The zero-order chi connectivity index (χ0) is 28.6. The summed E-state index contributed by atoms with van der Waals surface area (Å²) in [5, 5.41) is 23.6. The molecule has 210 valence electrons. The van der Waals surface area contributed by atoms with Gasteiger partial charge in [-0.05, 0) is 74.5 Å². The molecule has 1 fully saturated rings. The molecule has 1 atom stereocenters. The average molecular weight is 540 g/mol. The van der Waals surface area contributed by atoms with Gasteiger partial charge in [-0.3, -0.25) is 20.5 Å². The molecule has 1 unspecified atom stereocenters. The predicted octanol–water partition coefficient (Wildman–Crippen LogP) is 5.70. The number of piperidine rings is 1. The minimum Gasteiger partial charge on any atom is -0.361 e. The van der Waals surface area contributed by atoms with Crippen LogP contribution in [0.1, 0.15) is 37.3 Å². The van der Waals surface area contributed by atoms with Crippen LogP contribution in [0.25, 0.3) is 10.9 Å². The molecule has 0 aliphatic carbocycles. The number of amidine groups is 2. The number of carbonyl (C=O) groups is 1. The number of aromatic amines is 1. The van der Waals surface area contributed by atoms with Crippen LogP contribution in [0, 0.1) is 23.7 Å². The number of pyridine rings is 1. The third-order valence-corrected chi connectivity index (χ3v) is 6.60. The second-order valence-electron chi connectivity index (χ2n) is 9.87. The number of anilines is 1. The van der Waals surface area contributed by atoms with Crippen molar-refractivity contribution in [2.75, 3.05) is 24.5 Å². The van der Waals surface area contributed by atoms with Crippen LogP contribution >= 0.6 is 0 Å². The van der Waals surface area contributed by atoms with Crippen LogP contribution in [0.3, 0.4) is 0 Å². The molecule has 8 nitrogen and oxygen atoms in total. The number of hydrogen-bond donors (Lipinski definition) is 5. The molecule has 3 heterocycles. The number of carbonyl (C=O) groups excluding carboxylic acids is 1. The second kappa shape index (κ2) is 16.6. The van der Waals surface area contributed by atoms with Crippen LogP contribution in [0.2, 0.25) is 0 Å². The van der Waals surface area contributed by atoms with Crippen molar-refractivity contribution in [2.45, 2.75) is 39.5 Å². The third-order valence-electron chi connectivity index (χ3n) is 6.60. The number of amides is 1. The van der Waals surface area contributed by atoms with Gasteiger partial charge in [0.2, 0.25) is 6.41 Å². The minimum absolute atomic E-state index is 0.0494. The first-order valence-electron chi connectivity index (χ1n) is 13.8. The number of para-hydroxylation sites is 1. The van der Waals surface area contributed by atoms with Gasteiger partial charge in [-0.2, -0.15) is 0 Å². The van der Waals surface area contributed by atoms with Crippen LogP contribution < -0.4 is 15.5 Å². The highest BCUT2D eigenvalue weighted by molar-refractivity contribution is 6.17. The maximum absolute atomic E-state index is 10.5. The maximum atomic E-state index is 10.5. The smallest absolute Gasteiger partial charge is 0.207 e. The summed E-state index contributed by atoms with van der Waals surface area (Å²) >= 11 is 0. The van der Waals surface area contributed by atoms with Gasteiger partial charge in [0.15, 0.2) is 0 Å². The number of benzene rings is 2. The first-order chi connectivity index (χ1) is 19.5. The number of nitrogens with zero attached hydrogens (tertiary/aromatic N) is 2. The van der Waals surface area contributed by atoms with E-state index >= 15 is 0 Å². The SMILES string of the molecule is CC1CCCNC1.Cc1c[nH]c2ccccc12.N=C(CCc1ccccc1)N(C(=N)CNC=O)c1ccccn1. The van der Waals surface area contributed by atoms with Gasteiger partial charge < -0.3 is 15.6 Å². The highest BCUT2D eigenvalue weighted by atomic mass is 16.1. The first kappa shape index (κ1) is 30.2. The third kappa shape index (κ3) is 9.78.